The van der Waals surface area contributed by atoms with Crippen LogP contribution in [0.1, 0.15) is 42.6 Å². The quantitative estimate of drug-likeness (QED) is 0.831. The van der Waals surface area contributed by atoms with E-state index in [1.165, 1.54) is 16.7 Å². The zero-order chi connectivity index (χ0) is 18.6. The largest absolute Gasteiger partial charge is 0.477 e. The molecule has 4 rings (SSSR count). The molecule has 0 amide bonds. The lowest BCUT2D eigenvalue weighted by Crippen LogP contribution is -2.30. The number of rotatable bonds is 4. The number of carbonyl (C=O) groups is 1. The second kappa shape index (κ2) is 7.13. The Labute approximate surface area is 162 Å². The number of benzene rings is 1. The first-order chi connectivity index (χ1) is 12.4. The topological polar surface area (TPSA) is 88.6 Å². The normalized spacial score (nSPS) is 20.6. The number of anilines is 1. The van der Waals surface area contributed by atoms with E-state index >= 15 is 0 Å². The van der Waals surface area contributed by atoms with Gasteiger partial charge in [-0.05, 0) is 50.3 Å². The van der Waals surface area contributed by atoms with Crippen molar-refractivity contribution in [3.8, 4) is 0 Å². The first kappa shape index (κ1) is 19.6. The van der Waals surface area contributed by atoms with Gasteiger partial charge in [-0.1, -0.05) is 0 Å². The van der Waals surface area contributed by atoms with Crippen molar-refractivity contribution in [3.05, 3.63) is 39.9 Å². The highest BCUT2D eigenvalue weighted by Crippen LogP contribution is 2.38. The Balaban J connectivity index is 0.00000210. The van der Waals surface area contributed by atoms with Gasteiger partial charge in [0.1, 0.15) is 11.4 Å². The molecule has 1 aliphatic heterocycles. The van der Waals surface area contributed by atoms with Gasteiger partial charge < -0.3 is 20.3 Å². The molecule has 1 aliphatic carbocycles. The number of hydrogen-bond acceptors (Lipinski definition) is 4. The van der Waals surface area contributed by atoms with E-state index in [0.717, 1.165) is 25.8 Å². The van der Waals surface area contributed by atoms with Crippen LogP contribution in [0.4, 0.5) is 10.1 Å². The van der Waals surface area contributed by atoms with Crippen molar-refractivity contribution in [2.75, 3.05) is 18.0 Å². The number of nitrogens with zero attached hydrogens (tertiary/aromatic N) is 2. The number of hydrogen-bond donors (Lipinski definition) is 2. The first-order valence-corrected chi connectivity index (χ1v) is 8.99. The van der Waals surface area contributed by atoms with Crippen LogP contribution in [-0.2, 0) is 0 Å². The maximum absolute atomic E-state index is 14.8. The number of carboxylic acid groups (broad SMARTS) is 1. The summed E-state index contributed by atoms with van der Waals surface area (Å²) in [5.41, 5.74) is 6.21. The van der Waals surface area contributed by atoms with Crippen LogP contribution in [0.5, 0.6) is 0 Å². The summed E-state index contributed by atoms with van der Waals surface area (Å²) in [7, 11) is 0. The van der Waals surface area contributed by atoms with Crippen LogP contribution >= 0.6 is 12.4 Å². The van der Waals surface area contributed by atoms with E-state index in [0.29, 0.717) is 29.1 Å². The molecule has 2 aromatic rings. The smallest absolute Gasteiger partial charge is 0.341 e. The van der Waals surface area contributed by atoms with Crippen LogP contribution in [0, 0.1) is 11.7 Å². The SMILES string of the molecule is C[C@H](N)C1CCN(c2cc3c(cc2F)cc(C(=O)O)c(=O)n3C2CC2)C1.Cl. The molecule has 0 bridgehead atoms. The molecule has 8 heteroatoms. The second-order valence-electron chi connectivity index (χ2n) is 7.49. The van der Waals surface area contributed by atoms with Gasteiger partial charge in [-0.25, -0.2) is 9.18 Å². The fourth-order valence-corrected chi connectivity index (χ4v) is 3.87. The van der Waals surface area contributed by atoms with Crippen LogP contribution in [0.15, 0.2) is 23.0 Å². The lowest BCUT2D eigenvalue weighted by molar-refractivity contribution is 0.0694. The predicted molar refractivity (Wildman–Crippen MR) is 105 cm³/mol. The summed E-state index contributed by atoms with van der Waals surface area (Å²) in [4.78, 5) is 26.0. The number of fused-ring (bicyclic) bond motifs is 1. The predicted octanol–water partition coefficient (Wildman–Crippen LogP) is 2.77. The van der Waals surface area contributed by atoms with Crippen molar-refractivity contribution in [3.63, 3.8) is 0 Å². The van der Waals surface area contributed by atoms with E-state index in [-0.39, 0.29) is 30.1 Å². The molecule has 2 fully saturated rings. The average molecular weight is 396 g/mol. The van der Waals surface area contributed by atoms with E-state index in [4.69, 9.17) is 5.73 Å². The van der Waals surface area contributed by atoms with Crippen LogP contribution in [0.3, 0.4) is 0 Å². The summed E-state index contributed by atoms with van der Waals surface area (Å²) in [5, 5.41) is 9.74. The van der Waals surface area contributed by atoms with Crippen LogP contribution in [-0.4, -0.2) is 34.8 Å². The highest BCUT2D eigenvalue weighted by atomic mass is 35.5. The minimum absolute atomic E-state index is 0. The van der Waals surface area contributed by atoms with Crippen molar-refractivity contribution in [2.24, 2.45) is 11.7 Å². The highest BCUT2D eigenvalue weighted by Gasteiger charge is 2.31. The number of pyridine rings is 1. The summed E-state index contributed by atoms with van der Waals surface area (Å²) in [5.74, 6) is -1.37. The summed E-state index contributed by atoms with van der Waals surface area (Å²) in [6.07, 6.45) is 2.57. The Morgan fingerprint density at radius 1 is 1.30 bits per heavy atom. The Morgan fingerprint density at radius 3 is 2.56 bits per heavy atom. The molecule has 1 unspecified atom stereocenters. The monoisotopic (exact) mass is 395 g/mol. The number of halogens is 2. The van der Waals surface area contributed by atoms with Crippen molar-refractivity contribution in [1.82, 2.24) is 4.57 Å². The van der Waals surface area contributed by atoms with E-state index < -0.39 is 17.3 Å². The minimum atomic E-state index is -1.28. The molecule has 27 heavy (non-hydrogen) atoms. The van der Waals surface area contributed by atoms with Gasteiger partial charge in [0.25, 0.3) is 5.56 Å². The maximum Gasteiger partial charge on any atom is 0.341 e. The van der Waals surface area contributed by atoms with Crippen LogP contribution in [0.25, 0.3) is 10.9 Å². The molecule has 146 valence electrons. The molecule has 2 heterocycles. The number of aromatic nitrogens is 1. The molecule has 1 saturated carbocycles. The molecule has 1 saturated heterocycles. The van der Waals surface area contributed by atoms with Gasteiger partial charge in [0, 0.05) is 30.6 Å². The van der Waals surface area contributed by atoms with Gasteiger partial charge >= 0.3 is 5.97 Å². The lowest BCUT2D eigenvalue weighted by atomic mass is 10.0. The van der Waals surface area contributed by atoms with Gasteiger partial charge in [0.2, 0.25) is 0 Å². The fraction of sp³-hybridized carbons (Fsp3) is 0.474. The Bertz CT molecular complexity index is 955. The van der Waals surface area contributed by atoms with Gasteiger partial charge in [-0.2, -0.15) is 0 Å². The number of aromatic carboxylic acids is 1. The van der Waals surface area contributed by atoms with Gasteiger partial charge in [0.15, 0.2) is 0 Å². The summed E-state index contributed by atoms with van der Waals surface area (Å²) in [6.45, 7) is 3.36. The number of carboxylic acids is 1. The van der Waals surface area contributed by atoms with Gasteiger partial charge in [-0.3, -0.25) is 4.79 Å². The van der Waals surface area contributed by atoms with E-state index in [1.54, 1.807) is 6.07 Å². The number of nitrogens with two attached hydrogens (primary N) is 1. The Hall–Kier alpha value is -2.12. The average Bonchev–Trinajstić information content (AvgIpc) is 3.28. The molecule has 1 aromatic carbocycles. The van der Waals surface area contributed by atoms with Crippen molar-refractivity contribution in [1.29, 1.82) is 0 Å². The maximum atomic E-state index is 14.8. The molecule has 1 aromatic heterocycles. The second-order valence-corrected chi connectivity index (χ2v) is 7.49. The van der Waals surface area contributed by atoms with Crippen LogP contribution in [0.2, 0.25) is 0 Å². The molecule has 6 nitrogen and oxygen atoms in total. The molecule has 2 aliphatic rings. The van der Waals surface area contributed by atoms with Crippen molar-refractivity contribution < 1.29 is 14.3 Å². The minimum Gasteiger partial charge on any atom is -0.477 e. The molecule has 0 radical (unpaired) electrons. The molecular formula is C19H23ClFN3O3. The van der Waals surface area contributed by atoms with E-state index in [9.17, 15) is 19.1 Å². The summed E-state index contributed by atoms with van der Waals surface area (Å²) in [6, 6.07) is 4.36. The zero-order valence-electron chi connectivity index (χ0n) is 15.0. The van der Waals surface area contributed by atoms with Gasteiger partial charge in [0.05, 0.1) is 11.2 Å². The molecule has 2 atom stereocenters. The summed E-state index contributed by atoms with van der Waals surface area (Å²) < 4.78 is 16.3. The van der Waals surface area contributed by atoms with Crippen molar-refractivity contribution in [2.45, 2.75) is 38.3 Å². The summed E-state index contributed by atoms with van der Waals surface area (Å²) >= 11 is 0. The third-order valence-corrected chi connectivity index (χ3v) is 5.56. The third kappa shape index (κ3) is 3.41. The third-order valence-electron chi connectivity index (χ3n) is 5.56. The molecule has 0 spiro atoms. The molecule has 3 N–H and O–H groups in total. The lowest BCUT2D eigenvalue weighted by Gasteiger charge is -2.22. The Kier molecular flexibility index (Phi) is 5.18. The molecular weight excluding hydrogens is 373 g/mol. The first-order valence-electron chi connectivity index (χ1n) is 8.99. The van der Waals surface area contributed by atoms with E-state index in [1.807, 2.05) is 11.8 Å². The van der Waals surface area contributed by atoms with Crippen LogP contribution < -0.4 is 16.2 Å². The highest BCUT2D eigenvalue weighted by molar-refractivity contribution is 5.93. The zero-order valence-corrected chi connectivity index (χ0v) is 15.8. The fourth-order valence-electron chi connectivity index (χ4n) is 3.87. The van der Waals surface area contributed by atoms with Gasteiger partial charge in [-0.15, -0.1) is 12.4 Å². The Morgan fingerprint density at radius 2 is 2.00 bits per heavy atom. The van der Waals surface area contributed by atoms with Crippen molar-refractivity contribution >= 4 is 35.0 Å². The van der Waals surface area contributed by atoms with E-state index in [2.05, 4.69) is 0 Å². The standard InChI is InChI=1S/C19H22FN3O3.ClH/c1-10(21)11-4-5-22(9-11)17-8-16-12(7-15(17)20)6-14(19(25)26)18(24)23(16)13-2-3-13;/h6-8,10-11,13H,2-5,9,21H2,1H3,(H,25,26);1H/t10-,11?;/m0./s1.